The van der Waals surface area contributed by atoms with Gasteiger partial charge in [0.1, 0.15) is 5.75 Å². The third-order valence-corrected chi connectivity index (χ3v) is 7.74. The van der Waals surface area contributed by atoms with Gasteiger partial charge in [-0.25, -0.2) is 4.79 Å². The van der Waals surface area contributed by atoms with Crippen molar-refractivity contribution in [3.8, 4) is 16.9 Å². The van der Waals surface area contributed by atoms with E-state index in [1.807, 2.05) is 12.3 Å². The highest BCUT2D eigenvalue weighted by Gasteiger charge is 2.34. The number of aromatic nitrogens is 2. The topological polar surface area (TPSA) is 69.1 Å². The summed E-state index contributed by atoms with van der Waals surface area (Å²) in [4.78, 5) is 16.7. The summed E-state index contributed by atoms with van der Waals surface area (Å²) in [5.74, 6) is 0.897. The number of hydrogen-bond donors (Lipinski definition) is 0. The van der Waals surface area contributed by atoms with E-state index < -0.39 is 0 Å². The van der Waals surface area contributed by atoms with Crippen molar-refractivity contribution in [3.05, 3.63) is 30.1 Å². The predicted octanol–water partition coefficient (Wildman–Crippen LogP) is 4.28. The molecule has 8 nitrogen and oxygen atoms in total. The number of amides is 1. The number of likely N-dealkylation sites (N-methyl/N-ethyl adjacent to an activating group) is 1. The number of benzene rings is 1. The second kappa shape index (κ2) is 9.58. The molecule has 2 fully saturated rings. The first-order chi connectivity index (χ1) is 16.5. The standard InChI is InChI=1S/C26H36N4O4/c1-17-8-9-21-22(30(17)26(31)33-4)11-10-20(25(21)34-19-6-5-7-19)18-14-27-29(15-18)23-12-13-28(2)16-24(23)32-3/h10-11,14-15,17,19,23-24H,5-9,12-13,16H2,1-4H3. The zero-order chi connectivity index (χ0) is 23.8. The Morgan fingerprint density at radius 2 is 1.97 bits per heavy atom. The van der Waals surface area contributed by atoms with Crippen LogP contribution >= 0.6 is 0 Å². The fourth-order valence-corrected chi connectivity index (χ4v) is 5.45. The number of rotatable bonds is 5. The number of piperidine rings is 1. The molecule has 184 valence electrons. The maximum Gasteiger partial charge on any atom is 0.414 e. The van der Waals surface area contributed by atoms with Gasteiger partial charge in [-0.2, -0.15) is 5.10 Å². The van der Waals surface area contributed by atoms with Crippen LogP contribution in [0.2, 0.25) is 0 Å². The Morgan fingerprint density at radius 3 is 2.68 bits per heavy atom. The lowest BCUT2D eigenvalue weighted by molar-refractivity contribution is -0.00195. The zero-order valence-corrected chi connectivity index (χ0v) is 20.7. The van der Waals surface area contributed by atoms with Crippen molar-refractivity contribution >= 4 is 11.8 Å². The van der Waals surface area contributed by atoms with Crippen molar-refractivity contribution in [2.75, 3.05) is 39.3 Å². The molecule has 1 aromatic heterocycles. The van der Waals surface area contributed by atoms with Crippen molar-refractivity contribution in [2.24, 2.45) is 0 Å². The van der Waals surface area contributed by atoms with Gasteiger partial charge in [0.05, 0.1) is 37.2 Å². The summed E-state index contributed by atoms with van der Waals surface area (Å²) in [5, 5.41) is 4.75. The van der Waals surface area contributed by atoms with Crippen LogP contribution in [0, 0.1) is 0 Å². The van der Waals surface area contributed by atoms with Crippen molar-refractivity contribution in [1.29, 1.82) is 0 Å². The molecule has 2 aromatic rings. The molecule has 0 N–H and O–H groups in total. The first-order valence-electron chi connectivity index (χ1n) is 12.5. The van der Waals surface area contributed by atoms with E-state index >= 15 is 0 Å². The van der Waals surface area contributed by atoms with Gasteiger partial charge in [-0.3, -0.25) is 9.58 Å². The van der Waals surface area contributed by atoms with Crippen LogP contribution in [-0.2, 0) is 15.9 Å². The summed E-state index contributed by atoms with van der Waals surface area (Å²) in [6, 6.07) is 4.40. The second-order valence-electron chi connectivity index (χ2n) is 9.94. The molecule has 1 amide bonds. The van der Waals surface area contributed by atoms with Crippen LogP contribution < -0.4 is 9.64 Å². The summed E-state index contributed by atoms with van der Waals surface area (Å²) in [6.45, 7) is 3.99. The van der Waals surface area contributed by atoms with E-state index in [2.05, 4.69) is 35.8 Å². The molecule has 1 saturated carbocycles. The Bertz CT molecular complexity index is 1030. The Balaban J connectivity index is 1.53. The molecular weight excluding hydrogens is 432 g/mol. The molecule has 34 heavy (non-hydrogen) atoms. The van der Waals surface area contributed by atoms with E-state index in [-0.39, 0.29) is 30.4 Å². The Labute approximate surface area is 201 Å². The van der Waals surface area contributed by atoms with Gasteiger partial charge in [0, 0.05) is 49.1 Å². The maximum absolute atomic E-state index is 12.6. The van der Waals surface area contributed by atoms with Crippen molar-refractivity contribution in [2.45, 2.75) is 69.7 Å². The molecule has 3 heterocycles. The average Bonchev–Trinajstić information content (AvgIpc) is 3.30. The van der Waals surface area contributed by atoms with E-state index in [4.69, 9.17) is 19.3 Å². The van der Waals surface area contributed by atoms with E-state index in [1.54, 1.807) is 12.0 Å². The summed E-state index contributed by atoms with van der Waals surface area (Å²) in [6.07, 6.45) is 10.2. The molecule has 3 aliphatic rings. The van der Waals surface area contributed by atoms with Crippen LogP contribution in [0.1, 0.15) is 50.6 Å². The summed E-state index contributed by atoms with van der Waals surface area (Å²) >= 11 is 0. The molecule has 3 atom stereocenters. The number of hydrogen-bond acceptors (Lipinski definition) is 6. The quantitative estimate of drug-likeness (QED) is 0.652. The minimum atomic E-state index is -0.323. The fraction of sp³-hybridized carbons (Fsp3) is 0.615. The van der Waals surface area contributed by atoms with Gasteiger partial charge in [-0.15, -0.1) is 0 Å². The highest BCUT2D eigenvalue weighted by Crippen LogP contribution is 2.45. The molecule has 3 unspecified atom stereocenters. The monoisotopic (exact) mass is 468 g/mol. The van der Waals surface area contributed by atoms with Gasteiger partial charge < -0.3 is 19.1 Å². The third kappa shape index (κ3) is 4.18. The number of carbonyl (C=O) groups excluding carboxylic acids is 1. The molecule has 0 bridgehead atoms. The van der Waals surface area contributed by atoms with Crippen LogP contribution in [0.15, 0.2) is 24.5 Å². The van der Waals surface area contributed by atoms with Crippen LogP contribution in [-0.4, -0.2) is 73.4 Å². The van der Waals surface area contributed by atoms with Crippen molar-refractivity contribution < 1.29 is 19.0 Å². The smallest absolute Gasteiger partial charge is 0.414 e. The number of ether oxygens (including phenoxy) is 3. The van der Waals surface area contributed by atoms with E-state index in [0.717, 1.165) is 73.3 Å². The Morgan fingerprint density at radius 1 is 1.15 bits per heavy atom. The molecule has 5 rings (SSSR count). The second-order valence-corrected chi connectivity index (χ2v) is 9.94. The lowest BCUT2D eigenvalue weighted by atomic mass is 9.91. The van der Waals surface area contributed by atoms with Crippen LogP contribution in [0.4, 0.5) is 10.5 Å². The van der Waals surface area contributed by atoms with Crippen LogP contribution in [0.5, 0.6) is 5.75 Å². The first-order valence-corrected chi connectivity index (χ1v) is 12.5. The normalized spacial score (nSPS) is 25.5. The Kier molecular flexibility index (Phi) is 6.53. The SMILES string of the molecule is COC(=O)N1c2ccc(-c3cnn(C4CCN(C)CC4OC)c3)c(OC3CCC3)c2CCC1C. The molecule has 1 aliphatic carbocycles. The first kappa shape index (κ1) is 23.2. The molecule has 2 aliphatic heterocycles. The summed E-state index contributed by atoms with van der Waals surface area (Å²) in [5.41, 5.74) is 4.06. The lowest BCUT2D eigenvalue weighted by Gasteiger charge is -2.37. The molecule has 0 spiro atoms. The highest BCUT2D eigenvalue weighted by atomic mass is 16.5. The summed E-state index contributed by atoms with van der Waals surface area (Å²) < 4.78 is 19.6. The third-order valence-electron chi connectivity index (χ3n) is 7.74. The number of fused-ring (bicyclic) bond motifs is 1. The summed E-state index contributed by atoms with van der Waals surface area (Å²) in [7, 11) is 5.35. The zero-order valence-electron chi connectivity index (χ0n) is 20.7. The van der Waals surface area contributed by atoms with E-state index in [1.165, 1.54) is 13.5 Å². The molecular formula is C26H36N4O4. The van der Waals surface area contributed by atoms with Crippen LogP contribution in [0.25, 0.3) is 11.1 Å². The van der Waals surface area contributed by atoms with E-state index in [0.29, 0.717) is 0 Å². The number of carbonyl (C=O) groups is 1. The largest absolute Gasteiger partial charge is 0.489 e. The molecule has 1 aromatic carbocycles. The minimum Gasteiger partial charge on any atom is -0.489 e. The van der Waals surface area contributed by atoms with Gasteiger partial charge >= 0.3 is 6.09 Å². The van der Waals surface area contributed by atoms with Gasteiger partial charge in [0.25, 0.3) is 0 Å². The van der Waals surface area contributed by atoms with E-state index in [9.17, 15) is 4.79 Å². The van der Waals surface area contributed by atoms with Gasteiger partial charge in [0.15, 0.2) is 0 Å². The molecule has 1 saturated heterocycles. The lowest BCUT2D eigenvalue weighted by Crippen LogP contribution is -2.43. The fourth-order valence-electron chi connectivity index (χ4n) is 5.45. The van der Waals surface area contributed by atoms with Crippen molar-refractivity contribution in [3.63, 3.8) is 0 Å². The molecule has 0 radical (unpaired) electrons. The van der Waals surface area contributed by atoms with Gasteiger partial charge in [-0.1, -0.05) is 0 Å². The maximum atomic E-state index is 12.6. The Hall–Kier alpha value is -2.58. The number of methoxy groups -OCH3 is 2. The predicted molar refractivity (Wildman–Crippen MR) is 131 cm³/mol. The highest BCUT2D eigenvalue weighted by molar-refractivity contribution is 5.92. The number of likely N-dealkylation sites (tertiary alicyclic amines) is 1. The van der Waals surface area contributed by atoms with Crippen LogP contribution in [0.3, 0.4) is 0 Å². The number of nitrogens with zero attached hydrogens (tertiary/aromatic N) is 4. The van der Waals surface area contributed by atoms with Crippen molar-refractivity contribution in [1.82, 2.24) is 14.7 Å². The van der Waals surface area contributed by atoms with Gasteiger partial charge in [0.2, 0.25) is 0 Å². The average molecular weight is 469 g/mol. The molecule has 8 heteroatoms. The number of anilines is 1. The van der Waals surface area contributed by atoms with Gasteiger partial charge in [-0.05, 0) is 64.6 Å². The minimum absolute atomic E-state index is 0.0838.